The van der Waals surface area contributed by atoms with Crippen molar-refractivity contribution in [1.29, 1.82) is 0 Å². The van der Waals surface area contributed by atoms with Crippen molar-refractivity contribution in [1.82, 2.24) is 10.6 Å². The Hall–Kier alpha value is -2.32. The van der Waals surface area contributed by atoms with E-state index in [4.69, 9.17) is 9.56 Å². The van der Waals surface area contributed by atoms with Crippen molar-refractivity contribution in [3.8, 4) is 0 Å². The minimum absolute atomic E-state index is 0.0185. The van der Waals surface area contributed by atoms with Crippen molar-refractivity contribution in [2.75, 3.05) is 0 Å². The summed E-state index contributed by atoms with van der Waals surface area (Å²) in [5.41, 5.74) is 1.70. The summed E-state index contributed by atoms with van der Waals surface area (Å²) in [6.45, 7) is 8.01. The molecule has 0 unspecified atom stereocenters. The van der Waals surface area contributed by atoms with E-state index >= 15 is 0 Å². The van der Waals surface area contributed by atoms with Gasteiger partial charge in [-0.05, 0) is 49.4 Å². The lowest BCUT2D eigenvalue weighted by molar-refractivity contribution is 0.212. The van der Waals surface area contributed by atoms with E-state index in [0.717, 1.165) is 29.9 Å². The highest BCUT2D eigenvalue weighted by Gasteiger charge is 2.35. The zero-order chi connectivity index (χ0) is 20.7. The molecule has 0 saturated carbocycles. The molecule has 0 bridgehead atoms. The first-order valence-corrected chi connectivity index (χ1v) is 10.8. The Morgan fingerprint density at radius 1 is 1.32 bits per heavy atom. The van der Waals surface area contributed by atoms with Crippen LogP contribution in [0.4, 0.5) is 4.79 Å². The minimum atomic E-state index is -3.79. The maximum Gasteiger partial charge on any atom is 0.315 e. The first-order chi connectivity index (χ1) is 12.9. The number of hydrogen-bond donors (Lipinski definition) is 3. The number of sulfonamides is 1. The molecular formula is C20H27N3O4S. The van der Waals surface area contributed by atoms with Crippen LogP contribution in [0.2, 0.25) is 0 Å². The summed E-state index contributed by atoms with van der Waals surface area (Å²) in [7, 11) is -3.79. The molecule has 2 aromatic rings. The molecule has 7 nitrogen and oxygen atoms in total. The van der Waals surface area contributed by atoms with Gasteiger partial charge in [-0.25, -0.2) is 18.4 Å². The molecule has 1 aromatic carbocycles. The highest BCUT2D eigenvalue weighted by Crippen LogP contribution is 2.42. The second-order valence-electron chi connectivity index (χ2n) is 8.29. The molecule has 0 radical (unpaired) electrons. The summed E-state index contributed by atoms with van der Waals surface area (Å²) < 4.78 is 28.9. The molecule has 152 valence electrons. The number of nitrogens with two attached hydrogens (primary N) is 1. The normalized spacial score (nSPS) is 19.5. The zero-order valence-corrected chi connectivity index (χ0v) is 17.4. The van der Waals surface area contributed by atoms with E-state index in [2.05, 4.69) is 24.5 Å². The molecule has 2 atom stereocenters. The molecule has 2 amide bonds. The number of carbonyl (C=O) groups excluding carboxylic acids is 1. The van der Waals surface area contributed by atoms with Crippen LogP contribution >= 0.6 is 0 Å². The van der Waals surface area contributed by atoms with Crippen LogP contribution in [0.1, 0.15) is 61.9 Å². The van der Waals surface area contributed by atoms with Crippen LogP contribution in [-0.4, -0.2) is 14.4 Å². The van der Waals surface area contributed by atoms with E-state index in [1.54, 1.807) is 19.1 Å². The smallest absolute Gasteiger partial charge is 0.315 e. The Balaban J connectivity index is 1.72. The van der Waals surface area contributed by atoms with Gasteiger partial charge in [-0.3, -0.25) is 0 Å². The second kappa shape index (κ2) is 7.25. The van der Waals surface area contributed by atoms with Gasteiger partial charge in [-0.1, -0.05) is 26.0 Å². The van der Waals surface area contributed by atoms with Crippen LogP contribution in [0.25, 0.3) is 0 Å². The van der Waals surface area contributed by atoms with E-state index in [1.165, 1.54) is 12.1 Å². The third-order valence-electron chi connectivity index (χ3n) is 5.08. The van der Waals surface area contributed by atoms with Crippen LogP contribution in [0.15, 0.2) is 39.6 Å². The lowest BCUT2D eigenvalue weighted by Crippen LogP contribution is -2.42. The van der Waals surface area contributed by atoms with Crippen molar-refractivity contribution >= 4 is 16.1 Å². The van der Waals surface area contributed by atoms with Crippen molar-refractivity contribution in [2.45, 2.75) is 57.5 Å². The van der Waals surface area contributed by atoms with Gasteiger partial charge in [0, 0.05) is 12.0 Å². The Morgan fingerprint density at radius 2 is 2.04 bits per heavy atom. The SMILES string of the molecule is Cc1cc2c(o1)CC(C)(C)C[C@@H]2NC(=O)N[C@H](C)c1cccc(S(N)(=O)=O)c1. The number of furan rings is 1. The van der Waals surface area contributed by atoms with Gasteiger partial charge >= 0.3 is 6.03 Å². The predicted octanol–water partition coefficient (Wildman–Crippen LogP) is 3.31. The molecule has 0 aliphatic heterocycles. The Morgan fingerprint density at radius 3 is 2.71 bits per heavy atom. The fourth-order valence-corrected chi connectivity index (χ4v) is 4.32. The fourth-order valence-electron chi connectivity index (χ4n) is 3.75. The molecule has 1 aromatic heterocycles. The van der Waals surface area contributed by atoms with Crippen LogP contribution in [0.3, 0.4) is 0 Å². The first-order valence-electron chi connectivity index (χ1n) is 9.24. The van der Waals surface area contributed by atoms with E-state index in [1.807, 2.05) is 13.0 Å². The fraction of sp³-hybridized carbons (Fsp3) is 0.450. The van der Waals surface area contributed by atoms with E-state index in [-0.39, 0.29) is 28.4 Å². The van der Waals surface area contributed by atoms with Crippen molar-refractivity contribution in [2.24, 2.45) is 10.6 Å². The highest BCUT2D eigenvalue weighted by molar-refractivity contribution is 7.89. The first kappa shape index (κ1) is 20.4. The van der Waals surface area contributed by atoms with Gasteiger partial charge in [0.1, 0.15) is 11.5 Å². The topological polar surface area (TPSA) is 114 Å². The number of aryl methyl sites for hydroxylation is 1. The highest BCUT2D eigenvalue weighted by atomic mass is 32.2. The summed E-state index contributed by atoms with van der Waals surface area (Å²) in [6.07, 6.45) is 1.65. The van der Waals surface area contributed by atoms with Crippen molar-refractivity contribution < 1.29 is 17.6 Å². The molecule has 4 N–H and O–H groups in total. The van der Waals surface area contributed by atoms with Crippen molar-refractivity contribution in [3.05, 3.63) is 53.0 Å². The standard InChI is InChI=1S/C20H27N3O4S/c1-12-8-16-17(10-20(3,4)11-18(16)27-12)23-19(24)22-13(2)14-6-5-7-15(9-14)28(21,25)26/h5-9,13,17H,10-11H2,1-4H3,(H2,21,25,26)(H2,22,23,24)/t13-,17+/m1/s1. The number of hydrogen-bond acceptors (Lipinski definition) is 4. The molecule has 0 saturated heterocycles. The molecule has 28 heavy (non-hydrogen) atoms. The van der Waals surface area contributed by atoms with Gasteiger partial charge < -0.3 is 15.1 Å². The summed E-state index contributed by atoms with van der Waals surface area (Å²) in [5, 5.41) is 11.1. The molecule has 1 aliphatic carbocycles. The number of primary sulfonamides is 1. The average Bonchev–Trinajstić information content (AvgIpc) is 2.93. The molecular weight excluding hydrogens is 378 g/mol. The molecule has 0 fully saturated rings. The van der Waals surface area contributed by atoms with Crippen LogP contribution in [-0.2, 0) is 16.4 Å². The van der Waals surface area contributed by atoms with Crippen LogP contribution in [0, 0.1) is 12.3 Å². The number of fused-ring (bicyclic) bond motifs is 1. The number of urea groups is 1. The third kappa shape index (κ3) is 4.56. The summed E-state index contributed by atoms with van der Waals surface area (Å²) >= 11 is 0. The number of benzene rings is 1. The van der Waals surface area contributed by atoms with Gasteiger partial charge in [0.25, 0.3) is 0 Å². The monoisotopic (exact) mass is 405 g/mol. The molecule has 0 spiro atoms. The number of amides is 2. The largest absolute Gasteiger partial charge is 0.466 e. The summed E-state index contributed by atoms with van der Waals surface area (Å²) in [5.74, 6) is 1.76. The number of nitrogens with one attached hydrogen (secondary N) is 2. The molecule has 1 aliphatic rings. The van der Waals surface area contributed by atoms with Gasteiger partial charge in [-0.15, -0.1) is 0 Å². The summed E-state index contributed by atoms with van der Waals surface area (Å²) in [6, 6.07) is 7.40. The summed E-state index contributed by atoms with van der Waals surface area (Å²) in [4.78, 5) is 12.6. The third-order valence-corrected chi connectivity index (χ3v) is 5.99. The lowest BCUT2D eigenvalue weighted by atomic mass is 9.75. The van der Waals surface area contributed by atoms with E-state index < -0.39 is 10.0 Å². The van der Waals surface area contributed by atoms with Crippen molar-refractivity contribution in [3.63, 3.8) is 0 Å². The van der Waals surface area contributed by atoms with E-state index in [9.17, 15) is 13.2 Å². The van der Waals surface area contributed by atoms with Gasteiger partial charge in [0.2, 0.25) is 10.0 Å². The van der Waals surface area contributed by atoms with Gasteiger partial charge in [-0.2, -0.15) is 0 Å². The lowest BCUT2D eigenvalue weighted by Gasteiger charge is -2.34. The Bertz CT molecular complexity index is 995. The average molecular weight is 406 g/mol. The maximum absolute atomic E-state index is 12.6. The van der Waals surface area contributed by atoms with Gasteiger partial charge in [0.15, 0.2) is 0 Å². The molecule has 1 heterocycles. The minimum Gasteiger partial charge on any atom is -0.466 e. The predicted molar refractivity (Wildman–Crippen MR) is 106 cm³/mol. The number of rotatable bonds is 4. The quantitative estimate of drug-likeness (QED) is 0.724. The van der Waals surface area contributed by atoms with Gasteiger partial charge in [0.05, 0.1) is 17.0 Å². The zero-order valence-electron chi connectivity index (χ0n) is 16.6. The van der Waals surface area contributed by atoms with E-state index in [0.29, 0.717) is 5.56 Å². The molecule has 8 heteroatoms. The number of carbonyl (C=O) groups is 1. The van der Waals surface area contributed by atoms with Crippen LogP contribution < -0.4 is 15.8 Å². The molecule has 3 rings (SSSR count). The Labute approximate surface area is 165 Å². The van der Waals surface area contributed by atoms with Crippen LogP contribution in [0.5, 0.6) is 0 Å². The Kier molecular flexibility index (Phi) is 5.29. The maximum atomic E-state index is 12.6. The second-order valence-corrected chi connectivity index (χ2v) is 9.85.